The fourth-order valence-corrected chi connectivity index (χ4v) is 5.29. The molecule has 28 heavy (non-hydrogen) atoms. The van der Waals surface area contributed by atoms with Gasteiger partial charge in [0.1, 0.15) is 0 Å². The molecule has 2 aliphatic rings. The van der Waals surface area contributed by atoms with Gasteiger partial charge in [-0.3, -0.25) is 14.5 Å². The molecule has 1 aromatic heterocycles. The van der Waals surface area contributed by atoms with Crippen molar-refractivity contribution in [3.63, 3.8) is 0 Å². The van der Waals surface area contributed by atoms with Crippen molar-refractivity contribution in [1.82, 2.24) is 20.5 Å². The smallest absolute Gasteiger partial charge is 0.234 e. The zero-order valence-corrected chi connectivity index (χ0v) is 18.8. The Labute approximate surface area is 172 Å². The van der Waals surface area contributed by atoms with Gasteiger partial charge in [-0.1, -0.05) is 13.8 Å². The van der Waals surface area contributed by atoms with E-state index in [4.69, 9.17) is 0 Å². The van der Waals surface area contributed by atoms with Gasteiger partial charge in [0.2, 0.25) is 11.8 Å². The number of aryl methyl sites for hydroxylation is 1. The lowest BCUT2D eigenvalue weighted by Crippen LogP contribution is -2.65. The number of thiazole rings is 1. The molecule has 2 heterocycles. The van der Waals surface area contributed by atoms with Crippen molar-refractivity contribution >= 4 is 23.2 Å². The summed E-state index contributed by atoms with van der Waals surface area (Å²) in [5, 5.41) is 7.24. The van der Waals surface area contributed by atoms with Gasteiger partial charge in [-0.15, -0.1) is 11.3 Å². The normalized spacial score (nSPS) is 19.4. The molecule has 1 spiro atoms. The van der Waals surface area contributed by atoms with Crippen molar-refractivity contribution in [3.05, 3.63) is 15.6 Å². The van der Waals surface area contributed by atoms with Gasteiger partial charge < -0.3 is 10.6 Å². The molecule has 1 aromatic rings. The third-order valence-electron chi connectivity index (χ3n) is 5.56. The Bertz CT molecular complexity index is 736. The van der Waals surface area contributed by atoms with E-state index < -0.39 is 0 Å². The minimum absolute atomic E-state index is 0.0802. The lowest BCUT2D eigenvalue weighted by molar-refractivity contribution is -0.148. The predicted octanol–water partition coefficient (Wildman–Crippen LogP) is 2.82. The van der Waals surface area contributed by atoms with E-state index in [1.54, 1.807) is 11.3 Å². The van der Waals surface area contributed by atoms with E-state index in [-0.39, 0.29) is 28.7 Å². The molecule has 156 valence electrons. The molecule has 1 saturated heterocycles. The Hall–Kier alpha value is -1.47. The Morgan fingerprint density at radius 2 is 1.93 bits per heavy atom. The van der Waals surface area contributed by atoms with Gasteiger partial charge in [0, 0.05) is 35.3 Å². The van der Waals surface area contributed by atoms with Crippen molar-refractivity contribution in [2.75, 3.05) is 19.6 Å². The zero-order valence-electron chi connectivity index (χ0n) is 18.0. The number of hydrogen-bond acceptors (Lipinski definition) is 5. The summed E-state index contributed by atoms with van der Waals surface area (Å²) in [6, 6.07) is 0. The van der Waals surface area contributed by atoms with Crippen LogP contribution in [-0.2, 0) is 16.1 Å². The van der Waals surface area contributed by atoms with Crippen LogP contribution in [-0.4, -0.2) is 46.9 Å². The van der Waals surface area contributed by atoms with Crippen LogP contribution < -0.4 is 10.6 Å². The molecule has 2 N–H and O–H groups in total. The highest BCUT2D eigenvalue weighted by Gasteiger charge is 2.54. The molecule has 1 aliphatic carbocycles. The van der Waals surface area contributed by atoms with Crippen LogP contribution >= 0.6 is 11.3 Å². The fourth-order valence-electron chi connectivity index (χ4n) is 4.28. The molecule has 6 nitrogen and oxygen atoms in total. The monoisotopic (exact) mass is 406 g/mol. The van der Waals surface area contributed by atoms with Crippen molar-refractivity contribution in [1.29, 1.82) is 0 Å². The van der Waals surface area contributed by atoms with Gasteiger partial charge in [-0.25, -0.2) is 4.98 Å². The number of carbonyl (C=O) groups excluding carboxylic acids is 2. The number of amides is 2. The lowest BCUT2D eigenvalue weighted by Gasteiger charge is -2.58. The van der Waals surface area contributed by atoms with Crippen LogP contribution in [0.4, 0.5) is 0 Å². The fraction of sp³-hybridized carbons (Fsp3) is 0.762. The largest absolute Gasteiger partial charge is 0.351 e. The van der Waals surface area contributed by atoms with Gasteiger partial charge in [0.15, 0.2) is 0 Å². The van der Waals surface area contributed by atoms with E-state index in [1.807, 2.05) is 27.7 Å². The van der Waals surface area contributed by atoms with Crippen molar-refractivity contribution in [3.8, 4) is 0 Å². The first-order chi connectivity index (χ1) is 13.0. The minimum atomic E-state index is -0.189. The van der Waals surface area contributed by atoms with E-state index >= 15 is 0 Å². The van der Waals surface area contributed by atoms with E-state index in [2.05, 4.69) is 34.4 Å². The Morgan fingerprint density at radius 1 is 1.29 bits per heavy atom. The van der Waals surface area contributed by atoms with Gasteiger partial charge in [-0.05, 0) is 46.0 Å². The molecule has 2 amide bonds. The Kier molecular flexibility index (Phi) is 5.88. The van der Waals surface area contributed by atoms with Crippen LogP contribution in [0.5, 0.6) is 0 Å². The average molecular weight is 407 g/mol. The second-order valence-electron chi connectivity index (χ2n) is 9.98. The number of nitrogens with zero attached hydrogens (tertiary/aromatic N) is 2. The van der Waals surface area contributed by atoms with E-state index in [0.717, 1.165) is 41.5 Å². The number of hydrogen-bond donors (Lipinski definition) is 2. The Morgan fingerprint density at radius 3 is 2.46 bits per heavy atom. The molecule has 0 radical (unpaired) electrons. The molecule has 0 unspecified atom stereocenters. The van der Waals surface area contributed by atoms with Crippen molar-refractivity contribution in [2.24, 2.45) is 11.3 Å². The van der Waals surface area contributed by atoms with E-state index in [1.165, 1.54) is 0 Å². The number of likely N-dealkylation sites (tertiary alicyclic amines) is 1. The highest BCUT2D eigenvalue weighted by Crippen LogP contribution is 2.51. The first kappa shape index (κ1) is 21.2. The lowest BCUT2D eigenvalue weighted by atomic mass is 9.57. The molecule has 3 rings (SSSR count). The van der Waals surface area contributed by atoms with Crippen LogP contribution in [0.25, 0.3) is 0 Å². The maximum atomic E-state index is 12.5. The number of aromatic nitrogens is 1. The molecular formula is C21H34N4O2S. The highest BCUT2D eigenvalue weighted by atomic mass is 32.1. The molecule has 0 atom stereocenters. The summed E-state index contributed by atoms with van der Waals surface area (Å²) in [6.07, 6.45) is 1.88. The summed E-state index contributed by atoms with van der Waals surface area (Å²) in [4.78, 5) is 32.4. The zero-order chi connectivity index (χ0) is 20.7. The maximum Gasteiger partial charge on any atom is 0.234 e. The number of nitrogens with one attached hydrogen (secondary N) is 2. The summed E-state index contributed by atoms with van der Waals surface area (Å²) in [5.74, 6) is 0.778. The maximum absolute atomic E-state index is 12.5. The van der Waals surface area contributed by atoms with Gasteiger partial charge in [0.25, 0.3) is 0 Å². The quantitative estimate of drug-likeness (QED) is 0.762. The van der Waals surface area contributed by atoms with Gasteiger partial charge in [-0.2, -0.15) is 0 Å². The minimum Gasteiger partial charge on any atom is -0.351 e. The van der Waals surface area contributed by atoms with Crippen LogP contribution in [0.3, 0.4) is 0 Å². The van der Waals surface area contributed by atoms with Crippen LogP contribution in [0, 0.1) is 18.3 Å². The topological polar surface area (TPSA) is 74.3 Å². The molecule has 0 aromatic carbocycles. The predicted molar refractivity (Wildman–Crippen MR) is 112 cm³/mol. The first-order valence-electron chi connectivity index (χ1n) is 10.2. The summed E-state index contributed by atoms with van der Waals surface area (Å²) in [5.41, 5.74) is 1.10. The molecule has 1 aliphatic heterocycles. The number of carbonyl (C=O) groups is 2. The Balaban J connectivity index is 1.38. The SMILES string of the molecule is Cc1nc(C(C)C)sc1CNC(=O)C1CC2(C1)CN(CC(=O)NC(C)(C)C)C2. The first-order valence-corrected chi connectivity index (χ1v) is 11.1. The van der Waals surface area contributed by atoms with Crippen LogP contribution in [0.15, 0.2) is 0 Å². The summed E-state index contributed by atoms with van der Waals surface area (Å²) in [6.45, 7) is 15.2. The summed E-state index contributed by atoms with van der Waals surface area (Å²) in [7, 11) is 0. The average Bonchev–Trinajstić information content (AvgIpc) is 2.85. The van der Waals surface area contributed by atoms with Crippen molar-refractivity contribution < 1.29 is 9.59 Å². The summed E-state index contributed by atoms with van der Waals surface area (Å²) < 4.78 is 0. The second-order valence-corrected chi connectivity index (χ2v) is 11.1. The number of rotatable bonds is 6. The van der Waals surface area contributed by atoms with E-state index in [9.17, 15) is 9.59 Å². The molecule has 1 saturated carbocycles. The summed E-state index contributed by atoms with van der Waals surface area (Å²) >= 11 is 1.70. The molecule has 0 bridgehead atoms. The molecule has 7 heteroatoms. The molecule has 2 fully saturated rings. The third kappa shape index (κ3) is 4.92. The standard InChI is InChI=1S/C21H34N4O2S/c1-13(2)19-23-14(3)16(28-19)9-22-18(27)15-7-21(8-15)11-25(12-21)10-17(26)24-20(4,5)6/h13,15H,7-12H2,1-6H3,(H,22,27)(H,24,26). The van der Waals surface area contributed by atoms with Crippen molar-refractivity contribution in [2.45, 2.75) is 72.4 Å². The van der Waals surface area contributed by atoms with Crippen LogP contribution in [0.1, 0.15) is 69.0 Å². The molecular weight excluding hydrogens is 372 g/mol. The van der Waals surface area contributed by atoms with Gasteiger partial charge >= 0.3 is 0 Å². The van der Waals surface area contributed by atoms with Crippen LogP contribution in [0.2, 0.25) is 0 Å². The van der Waals surface area contributed by atoms with Gasteiger partial charge in [0.05, 0.1) is 23.8 Å². The van der Waals surface area contributed by atoms with E-state index in [0.29, 0.717) is 19.0 Å². The second kappa shape index (κ2) is 7.75. The highest BCUT2D eigenvalue weighted by molar-refractivity contribution is 7.11. The third-order valence-corrected chi connectivity index (χ3v) is 7.01.